The molecule has 0 spiro atoms. The Balaban J connectivity index is 2.62. The molecule has 1 aromatic carbocycles. The first kappa shape index (κ1) is 14.8. The maximum absolute atomic E-state index is 11.7. The topological polar surface area (TPSA) is 38.3 Å². The summed E-state index contributed by atoms with van der Waals surface area (Å²) in [7, 11) is 1.41. The summed E-state index contributed by atoms with van der Waals surface area (Å²) < 4.78 is 4.81. The SMILES string of the molecule is CCCCCC(Nc1cccc(Cl)c1)C(=O)OC. The van der Waals surface area contributed by atoms with Crippen LogP contribution in [0.25, 0.3) is 0 Å². The van der Waals surface area contributed by atoms with Crippen LogP contribution in [0.2, 0.25) is 5.02 Å². The molecular weight excluding hydrogens is 250 g/mol. The first-order chi connectivity index (χ1) is 8.67. The van der Waals surface area contributed by atoms with Crippen molar-refractivity contribution >= 4 is 23.3 Å². The summed E-state index contributed by atoms with van der Waals surface area (Å²) in [6.07, 6.45) is 4.02. The summed E-state index contributed by atoms with van der Waals surface area (Å²) in [5, 5.41) is 3.82. The minimum Gasteiger partial charge on any atom is -0.467 e. The number of anilines is 1. The van der Waals surface area contributed by atoms with E-state index in [9.17, 15) is 4.79 Å². The third kappa shape index (κ3) is 4.96. The largest absolute Gasteiger partial charge is 0.467 e. The zero-order valence-electron chi connectivity index (χ0n) is 10.9. The number of hydrogen-bond donors (Lipinski definition) is 1. The highest BCUT2D eigenvalue weighted by Gasteiger charge is 2.18. The second-order valence-electron chi connectivity index (χ2n) is 4.23. The van der Waals surface area contributed by atoms with Crippen molar-refractivity contribution in [2.75, 3.05) is 12.4 Å². The van der Waals surface area contributed by atoms with E-state index in [4.69, 9.17) is 16.3 Å². The number of esters is 1. The number of carbonyl (C=O) groups excluding carboxylic acids is 1. The fraction of sp³-hybridized carbons (Fsp3) is 0.500. The van der Waals surface area contributed by atoms with Crippen molar-refractivity contribution < 1.29 is 9.53 Å². The summed E-state index contributed by atoms with van der Waals surface area (Å²) >= 11 is 5.91. The molecule has 1 unspecified atom stereocenters. The van der Waals surface area contributed by atoms with Gasteiger partial charge >= 0.3 is 5.97 Å². The zero-order valence-corrected chi connectivity index (χ0v) is 11.7. The highest BCUT2D eigenvalue weighted by Crippen LogP contribution is 2.17. The van der Waals surface area contributed by atoms with Gasteiger partial charge in [-0.1, -0.05) is 43.9 Å². The van der Waals surface area contributed by atoms with Crippen LogP contribution in [0.5, 0.6) is 0 Å². The molecule has 0 radical (unpaired) electrons. The lowest BCUT2D eigenvalue weighted by molar-refractivity contribution is -0.141. The van der Waals surface area contributed by atoms with Gasteiger partial charge in [0.2, 0.25) is 0 Å². The molecular formula is C14H20ClNO2. The Labute approximate surface area is 113 Å². The first-order valence-corrected chi connectivity index (χ1v) is 6.65. The molecule has 0 aliphatic carbocycles. The Morgan fingerprint density at radius 2 is 2.22 bits per heavy atom. The summed E-state index contributed by atoms with van der Waals surface area (Å²) in [4.78, 5) is 11.7. The van der Waals surface area contributed by atoms with Crippen LogP contribution in [0.15, 0.2) is 24.3 Å². The molecule has 1 N–H and O–H groups in total. The first-order valence-electron chi connectivity index (χ1n) is 6.27. The highest BCUT2D eigenvalue weighted by molar-refractivity contribution is 6.30. The molecule has 0 fully saturated rings. The summed E-state index contributed by atoms with van der Waals surface area (Å²) in [6, 6.07) is 7.04. The Kier molecular flexibility index (Phi) is 6.58. The Morgan fingerprint density at radius 1 is 1.44 bits per heavy atom. The molecule has 1 atom stereocenters. The number of nitrogens with one attached hydrogen (secondary N) is 1. The molecule has 0 saturated heterocycles. The minimum atomic E-state index is -0.306. The van der Waals surface area contributed by atoms with Crippen molar-refractivity contribution in [3.8, 4) is 0 Å². The molecule has 0 aliphatic rings. The van der Waals surface area contributed by atoms with Crippen LogP contribution in [-0.4, -0.2) is 19.1 Å². The maximum atomic E-state index is 11.7. The molecule has 3 nitrogen and oxygen atoms in total. The number of unbranched alkanes of at least 4 members (excludes halogenated alkanes) is 2. The molecule has 0 heterocycles. The smallest absolute Gasteiger partial charge is 0.328 e. The van der Waals surface area contributed by atoms with Crippen LogP contribution >= 0.6 is 11.6 Å². The summed E-state index contributed by atoms with van der Waals surface area (Å²) in [5.41, 5.74) is 0.842. The Hall–Kier alpha value is -1.22. The molecule has 0 bridgehead atoms. The number of ether oxygens (including phenoxy) is 1. The second kappa shape index (κ2) is 7.98. The predicted molar refractivity (Wildman–Crippen MR) is 75.0 cm³/mol. The number of hydrogen-bond acceptors (Lipinski definition) is 3. The second-order valence-corrected chi connectivity index (χ2v) is 4.66. The Morgan fingerprint density at radius 3 is 2.83 bits per heavy atom. The van der Waals surface area contributed by atoms with Gasteiger partial charge in [-0.25, -0.2) is 4.79 Å². The van der Waals surface area contributed by atoms with Crippen molar-refractivity contribution in [1.29, 1.82) is 0 Å². The van der Waals surface area contributed by atoms with Crippen molar-refractivity contribution in [2.45, 2.75) is 38.6 Å². The van der Waals surface area contributed by atoms with Gasteiger partial charge in [-0.2, -0.15) is 0 Å². The summed E-state index contributed by atoms with van der Waals surface area (Å²) in [6.45, 7) is 2.14. The lowest BCUT2D eigenvalue weighted by Gasteiger charge is -2.17. The highest BCUT2D eigenvalue weighted by atomic mass is 35.5. The molecule has 0 aromatic heterocycles. The van der Waals surface area contributed by atoms with Gasteiger partial charge < -0.3 is 10.1 Å². The van der Waals surface area contributed by atoms with E-state index in [1.165, 1.54) is 7.11 Å². The van der Waals surface area contributed by atoms with Crippen LogP contribution in [0.1, 0.15) is 32.6 Å². The average molecular weight is 270 g/mol. The van der Waals surface area contributed by atoms with Gasteiger partial charge in [0.15, 0.2) is 0 Å². The average Bonchev–Trinajstić information content (AvgIpc) is 2.37. The number of carbonyl (C=O) groups is 1. The molecule has 18 heavy (non-hydrogen) atoms. The molecule has 0 amide bonds. The number of rotatable bonds is 7. The minimum absolute atomic E-state index is 0.230. The lowest BCUT2D eigenvalue weighted by atomic mass is 10.1. The number of benzene rings is 1. The number of halogens is 1. The van der Waals surface area contributed by atoms with Gasteiger partial charge in [-0.3, -0.25) is 0 Å². The molecule has 1 rings (SSSR count). The van der Waals surface area contributed by atoms with Crippen LogP contribution in [0.4, 0.5) is 5.69 Å². The fourth-order valence-electron chi connectivity index (χ4n) is 1.77. The van der Waals surface area contributed by atoms with Gasteiger partial charge in [-0.05, 0) is 24.6 Å². The zero-order chi connectivity index (χ0) is 13.4. The fourth-order valence-corrected chi connectivity index (χ4v) is 1.96. The van der Waals surface area contributed by atoms with E-state index in [2.05, 4.69) is 12.2 Å². The van der Waals surface area contributed by atoms with Crippen molar-refractivity contribution in [3.05, 3.63) is 29.3 Å². The van der Waals surface area contributed by atoms with Crippen LogP contribution in [0.3, 0.4) is 0 Å². The monoisotopic (exact) mass is 269 g/mol. The quantitative estimate of drug-likeness (QED) is 0.603. The van der Waals surface area contributed by atoms with Crippen LogP contribution in [0, 0.1) is 0 Å². The van der Waals surface area contributed by atoms with E-state index in [1.807, 2.05) is 12.1 Å². The van der Waals surface area contributed by atoms with Gasteiger partial charge in [-0.15, -0.1) is 0 Å². The van der Waals surface area contributed by atoms with E-state index in [0.29, 0.717) is 5.02 Å². The van der Waals surface area contributed by atoms with Crippen LogP contribution in [-0.2, 0) is 9.53 Å². The van der Waals surface area contributed by atoms with E-state index < -0.39 is 0 Å². The van der Waals surface area contributed by atoms with Gasteiger partial charge in [0.25, 0.3) is 0 Å². The third-order valence-corrected chi connectivity index (χ3v) is 2.98. The van der Waals surface area contributed by atoms with E-state index in [1.54, 1.807) is 12.1 Å². The maximum Gasteiger partial charge on any atom is 0.328 e. The molecule has 100 valence electrons. The van der Waals surface area contributed by atoms with Gasteiger partial charge in [0.1, 0.15) is 6.04 Å². The molecule has 1 aromatic rings. The molecule has 4 heteroatoms. The molecule has 0 saturated carbocycles. The Bertz CT molecular complexity index is 382. The third-order valence-electron chi connectivity index (χ3n) is 2.75. The van der Waals surface area contributed by atoms with E-state index >= 15 is 0 Å². The normalized spacial score (nSPS) is 11.9. The predicted octanol–water partition coefficient (Wildman–Crippen LogP) is 3.87. The lowest BCUT2D eigenvalue weighted by Crippen LogP contribution is -2.30. The van der Waals surface area contributed by atoms with Crippen molar-refractivity contribution in [2.24, 2.45) is 0 Å². The van der Waals surface area contributed by atoms with E-state index in [0.717, 1.165) is 31.4 Å². The standard InChI is InChI=1S/C14H20ClNO2/c1-3-4-5-9-13(14(17)18-2)16-12-8-6-7-11(15)10-12/h6-8,10,13,16H,3-5,9H2,1-2H3. The van der Waals surface area contributed by atoms with Gasteiger partial charge in [0, 0.05) is 10.7 Å². The molecule has 0 aliphatic heterocycles. The number of methoxy groups -OCH3 is 1. The van der Waals surface area contributed by atoms with Gasteiger partial charge in [0.05, 0.1) is 7.11 Å². The van der Waals surface area contributed by atoms with Crippen molar-refractivity contribution in [3.63, 3.8) is 0 Å². The van der Waals surface area contributed by atoms with Crippen molar-refractivity contribution in [1.82, 2.24) is 0 Å². The van der Waals surface area contributed by atoms with E-state index in [-0.39, 0.29) is 12.0 Å². The summed E-state index contributed by atoms with van der Waals surface area (Å²) in [5.74, 6) is -0.230. The van der Waals surface area contributed by atoms with Crippen LogP contribution < -0.4 is 5.32 Å².